The molecule has 2 rings (SSSR count). The summed E-state index contributed by atoms with van der Waals surface area (Å²) in [5, 5.41) is 3.50. The van der Waals surface area contributed by atoms with Gasteiger partial charge in [0, 0.05) is 15.8 Å². The van der Waals surface area contributed by atoms with Crippen molar-refractivity contribution in [3.63, 3.8) is 0 Å². The van der Waals surface area contributed by atoms with Gasteiger partial charge in [-0.3, -0.25) is 0 Å². The average Bonchev–Trinajstić information content (AvgIpc) is 2.38. The van der Waals surface area contributed by atoms with Gasteiger partial charge < -0.3 is 5.32 Å². The van der Waals surface area contributed by atoms with Crippen LogP contribution in [0.4, 0.5) is 5.69 Å². The van der Waals surface area contributed by atoms with Crippen molar-refractivity contribution in [3.8, 4) is 0 Å². The first kappa shape index (κ1) is 14.4. The third-order valence-corrected chi connectivity index (χ3v) is 3.99. The number of nitrogens with one attached hydrogen (secondary N) is 1. The lowest BCUT2D eigenvalue weighted by Gasteiger charge is -2.11. The van der Waals surface area contributed by atoms with Crippen LogP contribution >= 0.6 is 22.6 Å². The lowest BCUT2D eigenvalue weighted by atomic mass is 10.0. The molecular formula is C17H20IN. The van der Waals surface area contributed by atoms with Crippen molar-refractivity contribution in [1.82, 2.24) is 0 Å². The molecule has 0 amide bonds. The molecule has 0 atom stereocenters. The van der Waals surface area contributed by atoms with E-state index in [4.69, 9.17) is 0 Å². The Balaban J connectivity index is 2.02. The van der Waals surface area contributed by atoms with Crippen molar-refractivity contribution in [3.05, 3.63) is 62.7 Å². The zero-order valence-electron chi connectivity index (χ0n) is 11.7. The second-order valence-corrected chi connectivity index (χ2v) is 6.45. The molecular weight excluding hydrogens is 345 g/mol. The monoisotopic (exact) mass is 365 g/mol. The van der Waals surface area contributed by atoms with Crippen molar-refractivity contribution >= 4 is 28.3 Å². The fourth-order valence-corrected chi connectivity index (χ4v) is 2.69. The van der Waals surface area contributed by atoms with E-state index in [0.29, 0.717) is 5.92 Å². The van der Waals surface area contributed by atoms with Crippen LogP contribution in [0.1, 0.15) is 36.5 Å². The molecule has 2 aromatic rings. The maximum Gasteiger partial charge on any atom is 0.0400 e. The number of hydrogen-bond donors (Lipinski definition) is 1. The summed E-state index contributed by atoms with van der Waals surface area (Å²) in [5.41, 5.74) is 5.23. The first-order valence-electron chi connectivity index (χ1n) is 6.65. The molecule has 100 valence electrons. The number of anilines is 1. The molecule has 0 spiro atoms. The summed E-state index contributed by atoms with van der Waals surface area (Å²) in [5.74, 6) is 0.598. The molecule has 19 heavy (non-hydrogen) atoms. The first-order valence-corrected chi connectivity index (χ1v) is 7.73. The molecule has 0 aliphatic carbocycles. The van der Waals surface area contributed by atoms with Crippen LogP contribution in [0.3, 0.4) is 0 Å². The van der Waals surface area contributed by atoms with Gasteiger partial charge in [0.15, 0.2) is 0 Å². The van der Waals surface area contributed by atoms with Crippen LogP contribution < -0.4 is 5.32 Å². The topological polar surface area (TPSA) is 12.0 Å². The van der Waals surface area contributed by atoms with E-state index in [1.54, 1.807) is 0 Å². The van der Waals surface area contributed by atoms with Gasteiger partial charge in [0.05, 0.1) is 0 Å². The van der Waals surface area contributed by atoms with Crippen LogP contribution in [0.5, 0.6) is 0 Å². The molecule has 2 heteroatoms. The van der Waals surface area contributed by atoms with E-state index in [1.807, 2.05) is 0 Å². The van der Waals surface area contributed by atoms with Gasteiger partial charge in [0.25, 0.3) is 0 Å². The quantitative estimate of drug-likeness (QED) is 0.722. The maximum absolute atomic E-state index is 3.50. The van der Waals surface area contributed by atoms with Gasteiger partial charge in [-0.1, -0.05) is 38.1 Å². The first-order chi connectivity index (χ1) is 9.06. The van der Waals surface area contributed by atoms with Gasteiger partial charge in [-0.15, -0.1) is 0 Å². The number of rotatable bonds is 4. The third kappa shape index (κ3) is 3.96. The summed E-state index contributed by atoms with van der Waals surface area (Å²) in [7, 11) is 0. The minimum atomic E-state index is 0.598. The normalized spacial score (nSPS) is 10.8. The molecule has 2 aromatic carbocycles. The molecule has 0 bridgehead atoms. The van der Waals surface area contributed by atoms with Crippen LogP contribution in [0.2, 0.25) is 0 Å². The fraction of sp³-hybridized carbons (Fsp3) is 0.294. The Labute approximate surface area is 129 Å². The van der Waals surface area contributed by atoms with Gasteiger partial charge in [-0.2, -0.15) is 0 Å². The van der Waals surface area contributed by atoms with Crippen molar-refractivity contribution in [1.29, 1.82) is 0 Å². The maximum atomic E-state index is 3.50. The highest BCUT2D eigenvalue weighted by Crippen LogP contribution is 2.19. The van der Waals surface area contributed by atoms with E-state index in [2.05, 4.69) is 91.1 Å². The van der Waals surface area contributed by atoms with Crippen molar-refractivity contribution < 1.29 is 0 Å². The van der Waals surface area contributed by atoms with Crippen molar-refractivity contribution in [2.45, 2.75) is 33.2 Å². The van der Waals surface area contributed by atoms with Crippen LogP contribution in [-0.2, 0) is 6.54 Å². The summed E-state index contributed by atoms with van der Waals surface area (Å²) in [6, 6.07) is 15.4. The van der Waals surface area contributed by atoms with Crippen LogP contribution in [0.15, 0.2) is 42.5 Å². The van der Waals surface area contributed by atoms with Crippen LogP contribution in [0.25, 0.3) is 0 Å². The zero-order chi connectivity index (χ0) is 13.8. The molecule has 1 N–H and O–H groups in total. The number of hydrogen-bond acceptors (Lipinski definition) is 1. The summed E-state index contributed by atoms with van der Waals surface area (Å²) in [4.78, 5) is 0. The molecule has 0 aromatic heterocycles. The Morgan fingerprint density at radius 1 is 1.05 bits per heavy atom. The van der Waals surface area contributed by atoms with Crippen LogP contribution in [-0.4, -0.2) is 0 Å². The predicted molar refractivity (Wildman–Crippen MR) is 91.8 cm³/mol. The molecule has 0 radical (unpaired) electrons. The van der Waals surface area contributed by atoms with E-state index in [9.17, 15) is 0 Å². The molecule has 0 heterocycles. The average molecular weight is 365 g/mol. The predicted octanol–water partition coefficient (Wildman–Crippen LogP) is 5.34. The van der Waals surface area contributed by atoms with E-state index in [1.165, 1.54) is 25.9 Å². The number of aryl methyl sites for hydroxylation is 1. The molecule has 0 aliphatic rings. The lowest BCUT2D eigenvalue weighted by Crippen LogP contribution is -2.01. The minimum Gasteiger partial charge on any atom is -0.381 e. The molecule has 0 fully saturated rings. The van der Waals surface area contributed by atoms with Gasteiger partial charge in [-0.05, 0) is 70.3 Å². The van der Waals surface area contributed by atoms with Gasteiger partial charge in [0.1, 0.15) is 0 Å². The number of halogens is 1. The van der Waals surface area contributed by atoms with Crippen molar-refractivity contribution in [2.24, 2.45) is 0 Å². The molecule has 0 aliphatic heterocycles. The SMILES string of the molecule is Cc1cc(I)ccc1NCc1ccc(C(C)C)cc1. The Bertz CT molecular complexity index is 544. The smallest absolute Gasteiger partial charge is 0.0400 e. The largest absolute Gasteiger partial charge is 0.381 e. The summed E-state index contributed by atoms with van der Waals surface area (Å²) >= 11 is 2.34. The van der Waals surface area contributed by atoms with E-state index in [0.717, 1.165) is 6.54 Å². The highest BCUT2D eigenvalue weighted by atomic mass is 127. The fourth-order valence-electron chi connectivity index (χ4n) is 2.04. The van der Waals surface area contributed by atoms with E-state index < -0.39 is 0 Å². The third-order valence-electron chi connectivity index (χ3n) is 3.32. The van der Waals surface area contributed by atoms with Gasteiger partial charge in [0.2, 0.25) is 0 Å². The Morgan fingerprint density at radius 2 is 1.74 bits per heavy atom. The summed E-state index contributed by atoms with van der Waals surface area (Å²) in [6.07, 6.45) is 0. The Morgan fingerprint density at radius 3 is 2.32 bits per heavy atom. The highest BCUT2D eigenvalue weighted by molar-refractivity contribution is 14.1. The van der Waals surface area contributed by atoms with Gasteiger partial charge in [-0.25, -0.2) is 0 Å². The summed E-state index contributed by atoms with van der Waals surface area (Å²) in [6.45, 7) is 7.47. The molecule has 0 unspecified atom stereocenters. The highest BCUT2D eigenvalue weighted by Gasteiger charge is 2.01. The van der Waals surface area contributed by atoms with Crippen LogP contribution in [0, 0.1) is 10.5 Å². The second-order valence-electron chi connectivity index (χ2n) is 5.21. The Kier molecular flexibility index (Phi) is 4.86. The van der Waals surface area contributed by atoms with Crippen molar-refractivity contribution in [2.75, 3.05) is 5.32 Å². The molecule has 0 saturated heterocycles. The van der Waals surface area contributed by atoms with E-state index >= 15 is 0 Å². The zero-order valence-corrected chi connectivity index (χ0v) is 13.9. The molecule has 0 saturated carbocycles. The molecule has 1 nitrogen and oxygen atoms in total. The lowest BCUT2D eigenvalue weighted by molar-refractivity contribution is 0.865. The Hall–Kier alpha value is -1.03. The standard InChI is InChI=1S/C17H20IN/c1-12(2)15-6-4-14(5-7-15)11-19-17-9-8-16(18)10-13(17)3/h4-10,12,19H,11H2,1-3H3. The van der Waals surface area contributed by atoms with E-state index in [-0.39, 0.29) is 0 Å². The minimum absolute atomic E-state index is 0.598. The second kappa shape index (κ2) is 6.42. The number of benzene rings is 2. The summed E-state index contributed by atoms with van der Waals surface area (Å²) < 4.78 is 1.28. The van der Waals surface area contributed by atoms with Gasteiger partial charge >= 0.3 is 0 Å².